The number of sulfone groups is 1. The number of anilines is 4. The van der Waals surface area contributed by atoms with Crippen LogP contribution in [0.4, 0.5) is 27.8 Å². The van der Waals surface area contributed by atoms with Crippen LogP contribution in [0.25, 0.3) is 0 Å². The van der Waals surface area contributed by atoms with E-state index >= 15 is 0 Å². The smallest absolute Gasteiger partial charge is 0.415 e. The van der Waals surface area contributed by atoms with E-state index in [-0.39, 0.29) is 5.75 Å². The molecule has 0 unspecified atom stereocenters. The number of rotatable bonds is 5. The molecule has 0 radical (unpaired) electrons. The number of hydrogen-bond donors (Lipinski definition) is 1. The van der Waals surface area contributed by atoms with Crippen molar-refractivity contribution in [3.8, 4) is 5.88 Å². The Morgan fingerprint density at radius 1 is 1.18 bits per heavy atom. The summed E-state index contributed by atoms with van der Waals surface area (Å²) < 4.78 is 34.7. The summed E-state index contributed by atoms with van der Waals surface area (Å²) in [6.45, 7) is 9.46. The van der Waals surface area contributed by atoms with E-state index in [1.54, 1.807) is 29.4 Å². The van der Waals surface area contributed by atoms with E-state index in [0.717, 1.165) is 35.5 Å². The fourth-order valence-electron chi connectivity index (χ4n) is 4.75. The highest BCUT2D eigenvalue weighted by Crippen LogP contribution is 2.39. The van der Waals surface area contributed by atoms with Crippen LogP contribution in [0.15, 0.2) is 30.7 Å². The zero-order valence-corrected chi connectivity index (χ0v) is 24.1. The molecule has 40 heavy (non-hydrogen) atoms. The van der Waals surface area contributed by atoms with Crippen LogP contribution in [0.5, 0.6) is 5.88 Å². The number of nitrogens with one attached hydrogen (secondary N) is 1. The van der Waals surface area contributed by atoms with Gasteiger partial charge in [-0.3, -0.25) is 9.88 Å². The van der Waals surface area contributed by atoms with Gasteiger partial charge in [0.2, 0.25) is 11.8 Å². The number of carbonyl (C=O) groups is 1. The van der Waals surface area contributed by atoms with Crippen LogP contribution >= 0.6 is 0 Å². The predicted molar refractivity (Wildman–Crippen MR) is 151 cm³/mol. The molecule has 0 saturated carbocycles. The highest BCUT2D eigenvalue weighted by Gasteiger charge is 2.32. The minimum absolute atomic E-state index is 0.146. The Balaban J connectivity index is 1.38. The van der Waals surface area contributed by atoms with Crippen LogP contribution in [-0.4, -0.2) is 66.0 Å². The fraction of sp³-hybridized carbons (Fsp3) is 0.444. The van der Waals surface area contributed by atoms with E-state index in [1.807, 2.05) is 33.9 Å². The molecule has 212 valence electrons. The third kappa shape index (κ3) is 6.24. The van der Waals surface area contributed by atoms with Gasteiger partial charge in [-0.25, -0.2) is 28.2 Å². The minimum Gasteiger partial charge on any atom is -0.474 e. The van der Waals surface area contributed by atoms with Crippen LogP contribution in [0.2, 0.25) is 0 Å². The molecule has 12 nitrogen and oxygen atoms in total. The molecule has 0 atom stereocenters. The zero-order chi connectivity index (χ0) is 28.7. The maximum atomic E-state index is 13.0. The normalized spacial score (nSPS) is 15.1. The zero-order valence-electron chi connectivity index (χ0n) is 23.3. The lowest BCUT2D eigenvalue weighted by Crippen LogP contribution is -2.42. The van der Waals surface area contributed by atoms with Gasteiger partial charge >= 0.3 is 6.09 Å². The predicted octanol–water partition coefficient (Wildman–Crippen LogP) is 3.56. The van der Waals surface area contributed by atoms with Crippen molar-refractivity contribution in [1.29, 1.82) is 0 Å². The maximum absolute atomic E-state index is 13.0. The van der Waals surface area contributed by atoms with E-state index in [2.05, 4.69) is 25.2 Å². The lowest BCUT2D eigenvalue weighted by Gasteiger charge is -2.35. The molecule has 3 aromatic rings. The number of nitrogens with zero attached hydrogens (tertiary/aromatic N) is 6. The average molecular weight is 568 g/mol. The third-order valence-electron chi connectivity index (χ3n) is 6.45. The summed E-state index contributed by atoms with van der Waals surface area (Å²) in [7, 11) is -3.21. The molecule has 5 heterocycles. The molecule has 2 aliphatic heterocycles. The van der Waals surface area contributed by atoms with Gasteiger partial charge in [-0.05, 0) is 51.8 Å². The number of aromatic nitrogens is 4. The van der Waals surface area contributed by atoms with Crippen LogP contribution in [-0.2, 0) is 33.3 Å². The van der Waals surface area contributed by atoms with E-state index < -0.39 is 21.5 Å². The molecule has 0 aliphatic carbocycles. The number of fused-ring (bicyclic) bond motifs is 2. The van der Waals surface area contributed by atoms with Gasteiger partial charge in [0.05, 0.1) is 42.1 Å². The van der Waals surface area contributed by atoms with Crippen molar-refractivity contribution in [3.05, 3.63) is 53.2 Å². The van der Waals surface area contributed by atoms with Crippen molar-refractivity contribution in [1.82, 2.24) is 19.9 Å². The van der Waals surface area contributed by atoms with Crippen molar-refractivity contribution in [2.75, 3.05) is 41.1 Å². The first-order valence-electron chi connectivity index (χ1n) is 13.0. The minimum atomic E-state index is -3.21. The Morgan fingerprint density at radius 3 is 2.73 bits per heavy atom. The number of amides is 1. The highest BCUT2D eigenvalue weighted by atomic mass is 32.2. The van der Waals surface area contributed by atoms with Gasteiger partial charge in [-0.15, -0.1) is 0 Å². The standard InChI is InChI=1S/C27H33N7O5S/c1-17-22(14-29-24-23(17)34(10-11-38-24)26(35)39-27(2,3)4)33-9-7-18-13-30-25(32-21(18)15-33)31-19-6-8-28-20(12-19)16-40(5,36)37/h6,8,12-14H,7,9-11,15-16H2,1-5H3,(H,28,30,31,32). The summed E-state index contributed by atoms with van der Waals surface area (Å²) >= 11 is 0. The van der Waals surface area contributed by atoms with Crippen molar-refractivity contribution in [2.24, 2.45) is 0 Å². The van der Waals surface area contributed by atoms with Gasteiger partial charge < -0.3 is 19.7 Å². The van der Waals surface area contributed by atoms with E-state index in [1.165, 1.54) is 6.26 Å². The molecular formula is C27H33N7O5S. The number of carbonyl (C=O) groups excluding carboxylic acids is 1. The molecule has 0 aromatic carbocycles. The highest BCUT2D eigenvalue weighted by molar-refractivity contribution is 7.89. The SMILES string of the molecule is Cc1c(N2CCc3cnc(Nc4ccnc(CS(C)(=O)=O)c4)nc3C2)cnc2c1N(C(=O)OC(C)(C)C)CCO2. The molecule has 0 saturated heterocycles. The van der Waals surface area contributed by atoms with Gasteiger partial charge in [0.15, 0.2) is 9.84 Å². The quantitative estimate of drug-likeness (QED) is 0.484. The first-order chi connectivity index (χ1) is 18.9. The van der Waals surface area contributed by atoms with E-state index in [9.17, 15) is 13.2 Å². The van der Waals surface area contributed by atoms with E-state index in [0.29, 0.717) is 48.6 Å². The summed E-state index contributed by atoms with van der Waals surface area (Å²) in [5.41, 5.74) is 4.77. The summed E-state index contributed by atoms with van der Waals surface area (Å²) in [4.78, 5) is 34.7. The lowest BCUT2D eigenvalue weighted by molar-refractivity contribution is 0.0566. The first-order valence-corrected chi connectivity index (χ1v) is 15.0. The van der Waals surface area contributed by atoms with Crippen molar-refractivity contribution >= 4 is 38.9 Å². The lowest BCUT2D eigenvalue weighted by atomic mass is 10.0. The van der Waals surface area contributed by atoms with Crippen molar-refractivity contribution < 1.29 is 22.7 Å². The number of ether oxygens (including phenoxy) is 2. The Kier molecular flexibility index (Phi) is 7.25. The Labute approximate surface area is 233 Å². The summed E-state index contributed by atoms with van der Waals surface area (Å²) in [6.07, 6.45) is 6.64. The molecule has 3 aromatic heterocycles. The largest absolute Gasteiger partial charge is 0.474 e. The Hall–Kier alpha value is -4.00. The van der Waals surface area contributed by atoms with Gasteiger partial charge in [-0.1, -0.05) is 0 Å². The molecule has 1 amide bonds. The second-order valence-electron chi connectivity index (χ2n) is 11.0. The van der Waals surface area contributed by atoms with Gasteiger partial charge in [0, 0.05) is 36.4 Å². The molecule has 13 heteroatoms. The van der Waals surface area contributed by atoms with Crippen molar-refractivity contribution in [3.63, 3.8) is 0 Å². The second kappa shape index (κ2) is 10.5. The first kappa shape index (κ1) is 27.6. The molecular weight excluding hydrogens is 534 g/mol. The molecule has 2 aliphatic rings. The summed E-state index contributed by atoms with van der Waals surface area (Å²) in [5.74, 6) is 0.673. The number of pyridine rings is 2. The molecule has 5 rings (SSSR count). The van der Waals surface area contributed by atoms with Crippen LogP contribution in [0.3, 0.4) is 0 Å². The average Bonchev–Trinajstić information content (AvgIpc) is 2.86. The van der Waals surface area contributed by atoms with Gasteiger partial charge in [0.25, 0.3) is 0 Å². The van der Waals surface area contributed by atoms with Crippen LogP contribution < -0.4 is 19.9 Å². The van der Waals surface area contributed by atoms with Crippen LogP contribution in [0.1, 0.15) is 43.3 Å². The van der Waals surface area contributed by atoms with Crippen LogP contribution in [0, 0.1) is 6.92 Å². The topological polar surface area (TPSA) is 140 Å². The molecule has 1 N–H and O–H groups in total. The number of hydrogen-bond acceptors (Lipinski definition) is 11. The fourth-order valence-corrected chi connectivity index (χ4v) is 5.44. The van der Waals surface area contributed by atoms with Gasteiger partial charge in [-0.2, -0.15) is 0 Å². The summed E-state index contributed by atoms with van der Waals surface area (Å²) in [6, 6.07) is 3.42. The third-order valence-corrected chi connectivity index (χ3v) is 7.27. The maximum Gasteiger partial charge on any atom is 0.415 e. The van der Waals surface area contributed by atoms with Crippen molar-refractivity contribution in [2.45, 2.75) is 52.0 Å². The Morgan fingerprint density at radius 2 is 1.98 bits per heavy atom. The van der Waals surface area contributed by atoms with E-state index in [4.69, 9.17) is 14.5 Å². The molecule has 0 bridgehead atoms. The Bertz CT molecular complexity index is 1560. The molecule has 0 fully saturated rings. The van der Waals surface area contributed by atoms with Gasteiger partial charge in [0.1, 0.15) is 17.9 Å². The summed E-state index contributed by atoms with van der Waals surface area (Å²) in [5, 5.41) is 3.16. The second-order valence-corrected chi connectivity index (χ2v) is 13.1. The molecule has 0 spiro atoms. The monoisotopic (exact) mass is 567 g/mol.